The minimum absolute atomic E-state index is 0.172. The molecule has 0 aliphatic heterocycles. The van der Waals surface area contributed by atoms with Crippen LogP contribution < -0.4 is 10.8 Å². The topological polar surface area (TPSA) is 91.3 Å². The first-order chi connectivity index (χ1) is 10.2. The predicted molar refractivity (Wildman–Crippen MR) is 79.5 cm³/mol. The first kappa shape index (κ1) is 15.1. The summed E-state index contributed by atoms with van der Waals surface area (Å²) in [5, 5.41) is 11.6. The molecule has 7 heteroatoms. The number of nitrogens with zero attached hydrogens (tertiary/aromatic N) is 1. The standard InChI is InChI=1S/C14H15N3O3S/c1-2-10(9-6-4-3-5-7-9)12(18)16-14-15-8-11(21-14)13(19)17-20/h3-8,10,20H,2H2,1H3,(H,17,19)(H,15,16,18). The Hall–Kier alpha value is -2.25. The van der Waals surface area contributed by atoms with E-state index in [9.17, 15) is 9.59 Å². The van der Waals surface area contributed by atoms with Gasteiger partial charge in [-0.25, -0.2) is 10.5 Å². The van der Waals surface area contributed by atoms with Crippen molar-refractivity contribution in [3.63, 3.8) is 0 Å². The molecule has 2 aromatic rings. The second-order valence-corrected chi connectivity index (χ2v) is 5.36. The molecule has 0 aliphatic carbocycles. The van der Waals surface area contributed by atoms with Crippen LogP contribution in [0.4, 0.5) is 5.13 Å². The number of benzene rings is 1. The van der Waals surface area contributed by atoms with Gasteiger partial charge in [0, 0.05) is 0 Å². The molecule has 0 bridgehead atoms. The molecular formula is C14H15N3O3S. The quantitative estimate of drug-likeness (QED) is 0.584. The Morgan fingerprint density at radius 2 is 2.05 bits per heavy atom. The van der Waals surface area contributed by atoms with Crippen LogP contribution in [0.25, 0.3) is 0 Å². The lowest BCUT2D eigenvalue weighted by molar-refractivity contribution is -0.117. The second-order valence-electron chi connectivity index (χ2n) is 4.33. The molecule has 0 aliphatic rings. The first-order valence-corrected chi connectivity index (χ1v) is 7.23. The zero-order valence-corrected chi connectivity index (χ0v) is 12.2. The summed E-state index contributed by atoms with van der Waals surface area (Å²) in [6.45, 7) is 1.93. The van der Waals surface area contributed by atoms with Crippen molar-refractivity contribution in [3.8, 4) is 0 Å². The van der Waals surface area contributed by atoms with Crippen LogP contribution in [0.2, 0.25) is 0 Å². The Balaban J connectivity index is 2.09. The van der Waals surface area contributed by atoms with Crippen LogP contribution in [0.5, 0.6) is 0 Å². The first-order valence-electron chi connectivity index (χ1n) is 6.41. The SMILES string of the molecule is CCC(C(=O)Nc1ncc(C(=O)NO)s1)c1ccccc1. The Labute approximate surface area is 125 Å². The summed E-state index contributed by atoms with van der Waals surface area (Å²) in [6, 6.07) is 9.48. The van der Waals surface area contributed by atoms with E-state index in [0.29, 0.717) is 11.6 Å². The Morgan fingerprint density at radius 1 is 1.33 bits per heavy atom. The van der Waals surface area contributed by atoms with E-state index in [-0.39, 0.29) is 16.7 Å². The van der Waals surface area contributed by atoms with E-state index in [2.05, 4.69) is 10.3 Å². The van der Waals surface area contributed by atoms with Crippen molar-refractivity contribution in [1.29, 1.82) is 0 Å². The Kier molecular flexibility index (Phi) is 5.02. The van der Waals surface area contributed by atoms with Crippen molar-refractivity contribution in [2.75, 3.05) is 5.32 Å². The van der Waals surface area contributed by atoms with Crippen molar-refractivity contribution in [3.05, 3.63) is 47.0 Å². The number of anilines is 1. The summed E-state index contributed by atoms with van der Waals surface area (Å²) in [4.78, 5) is 27.7. The number of carbonyl (C=O) groups is 2. The van der Waals surface area contributed by atoms with Crippen molar-refractivity contribution < 1.29 is 14.8 Å². The number of aromatic nitrogens is 1. The van der Waals surface area contributed by atoms with E-state index in [0.717, 1.165) is 16.9 Å². The summed E-state index contributed by atoms with van der Waals surface area (Å²) in [7, 11) is 0. The molecule has 0 radical (unpaired) electrons. The number of thiazole rings is 1. The van der Waals surface area contributed by atoms with Gasteiger partial charge in [-0.2, -0.15) is 0 Å². The molecule has 0 spiro atoms. The lowest BCUT2D eigenvalue weighted by Gasteiger charge is -2.13. The molecule has 110 valence electrons. The Morgan fingerprint density at radius 3 is 2.67 bits per heavy atom. The maximum atomic E-state index is 12.3. The number of hydrogen-bond donors (Lipinski definition) is 3. The minimum atomic E-state index is -0.650. The molecule has 2 rings (SSSR count). The average Bonchev–Trinajstić information content (AvgIpc) is 2.96. The highest BCUT2D eigenvalue weighted by atomic mass is 32.1. The van der Waals surface area contributed by atoms with Crippen molar-refractivity contribution in [2.45, 2.75) is 19.3 Å². The molecule has 3 N–H and O–H groups in total. The molecule has 2 amide bonds. The molecule has 1 heterocycles. The fraction of sp³-hybridized carbons (Fsp3) is 0.214. The zero-order valence-electron chi connectivity index (χ0n) is 11.4. The van der Waals surface area contributed by atoms with Crippen LogP contribution in [0, 0.1) is 0 Å². The summed E-state index contributed by atoms with van der Waals surface area (Å²) in [6.07, 6.45) is 1.96. The fourth-order valence-corrected chi connectivity index (χ4v) is 2.65. The van der Waals surface area contributed by atoms with Gasteiger partial charge in [-0.1, -0.05) is 48.6 Å². The van der Waals surface area contributed by atoms with Gasteiger partial charge < -0.3 is 5.32 Å². The van der Waals surface area contributed by atoms with Crippen molar-refractivity contribution in [2.24, 2.45) is 0 Å². The highest BCUT2D eigenvalue weighted by molar-refractivity contribution is 7.17. The Bertz CT molecular complexity index is 627. The third-order valence-corrected chi connectivity index (χ3v) is 3.90. The van der Waals surface area contributed by atoms with Gasteiger partial charge in [0.2, 0.25) is 5.91 Å². The monoisotopic (exact) mass is 305 g/mol. The van der Waals surface area contributed by atoms with Gasteiger partial charge in [0.15, 0.2) is 5.13 Å². The molecule has 1 atom stereocenters. The summed E-state index contributed by atoms with van der Waals surface area (Å²) in [5.74, 6) is -1.10. The largest absolute Gasteiger partial charge is 0.301 e. The number of nitrogens with one attached hydrogen (secondary N) is 2. The van der Waals surface area contributed by atoms with E-state index in [4.69, 9.17) is 5.21 Å². The minimum Gasteiger partial charge on any atom is -0.301 e. The highest BCUT2D eigenvalue weighted by Crippen LogP contribution is 2.23. The average molecular weight is 305 g/mol. The van der Waals surface area contributed by atoms with E-state index >= 15 is 0 Å². The van der Waals surface area contributed by atoms with Gasteiger partial charge in [-0.05, 0) is 12.0 Å². The molecule has 0 saturated carbocycles. The molecule has 1 aromatic heterocycles. The van der Waals surface area contributed by atoms with Crippen LogP contribution in [0.1, 0.15) is 34.5 Å². The normalized spacial score (nSPS) is 11.7. The summed E-state index contributed by atoms with van der Waals surface area (Å²) < 4.78 is 0. The molecule has 1 aromatic carbocycles. The number of hydrogen-bond acceptors (Lipinski definition) is 5. The molecule has 1 unspecified atom stereocenters. The smallest absolute Gasteiger partial charge is 0.286 e. The highest BCUT2D eigenvalue weighted by Gasteiger charge is 2.20. The number of rotatable bonds is 5. The molecular weight excluding hydrogens is 290 g/mol. The van der Waals surface area contributed by atoms with Gasteiger partial charge in [-0.3, -0.25) is 14.8 Å². The lowest BCUT2D eigenvalue weighted by Crippen LogP contribution is -2.20. The molecule has 0 fully saturated rings. The second kappa shape index (κ2) is 6.96. The molecule has 6 nitrogen and oxygen atoms in total. The van der Waals surface area contributed by atoms with E-state index in [1.165, 1.54) is 11.7 Å². The third kappa shape index (κ3) is 3.65. The van der Waals surface area contributed by atoms with Gasteiger partial charge in [0.05, 0.1) is 12.1 Å². The summed E-state index contributed by atoms with van der Waals surface area (Å²) >= 11 is 1.00. The van der Waals surface area contributed by atoms with Crippen molar-refractivity contribution in [1.82, 2.24) is 10.5 Å². The maximum Gasteiger partial charge on any atom is 0.286 e. The van der Waals surface area contributed by atoms with Crippen molar-refractivity contribution >= 4 is 28.3 Å². The zero-order chi connectivity index (χ0) is 15.2. The van der Waals surface area contributed by atoms with Crippen LogP contribution in [-0.2, 0) is 4.79 Å². The number of amides is 2. The number of carbonyl (C=O) groups excluding carboxylic acids is 2. The van der Waals surface area contributed by atoms with E-state index < -0.39 is 5.91 Å². The van der Waals surface area contributed by atoms with Gasteiger partial charge >= 0.3 is 0 Å². The van der Waals surface area contributed by atoms with Crippen LogP contribution in [0.15, 0.2) is 36.5 Å². The van der Waals surface area contributed by atoms with Gasteiger partial charge in [0.1, 0.15) is 4.88 Å². The number of hydroxylamine groups is 1. The van der Waals surface area contributed by atoms with E-state index in [1.807, 2.05) is 37.3 Å². The van der Waals surface area contributed by atoms with Gasteiger partial charge in [-0.15, -0.1) is 0 Å². The van der Waals surface area contributed by atoms with Gasteiger partial charge in [0.25, 0.3) is 5.91 Å². The fourth-order valence-electron chi connectivity index (χ4n) is 1.94. The molecule has 21 heavy (non-hydrogen) atoms. The lowest BCUT2D eigenvalue weighted by atomic mass is 9.96. The van der Waals surface area contributed by atoms with Crippen LogP contribution in [-0.4, -0.2) is 22.0 Å². The van der Waals surface area contributed by atoms with Crippen LogP contribution in [0.3, 0.4) is 0 Å². The molecule has 0 saturated heterocycles. The summed E-state index contributed by atoms with van der Waals surface area (Å²) in [5.41, 5.74) is 2.46. The maximum absolute atomic E-state index is 12.3. The third-order valence-electron chi connectivity index (χ3n) is 2.99. The van der Waals surface area contributed by atoms with E-state index in [1.54, 1.807) is 0 Å². The van der Waals surface area contributed by atoms with Crippen LogP contribution >= 0.6 is 11.3 Å². The predicted octanol–water partition coefficient (Wildman–Crippen LogP) is 2.39.